The van der Waals surface area contributed by atoms with Gasteiger partial charge in [0, 0.05) is 0 Å². The molecule has 1 rings (SSSR count). The lowest BCUT2D eigenvalue weighted by Gasteiger charge is -2.06. The quantitative estimate of drug-likeness (QED) is 0.677. The smallest absolute Gasteiger partial charge is 0.118 e. The van der Waals surface area contributed by atoms with Crippen molar-refractivity contribution in [3.63, 3.8) is 0 Å². The van der Waals surface area contributed by atoms with Gasteiger partial charge in [-0.15, -0.1) is 6.58 Å². The highest BCUT2D eigenvalue weighted by atomic mass is 16.3. The molecule has 1 atom stereocenters. The van der Waals surface area contributed by atoms with Gasteiger partial charge in [0.2, 0.25) is 0 Å². The monoisotopic (exact) mass is 162 g/mol. The molecule has 0 fully saturated rings. The Morgan fingerprint density at radius 2 is 2.17 bits per heavy atom. The van der Waals surface area contributed by atoms with Crippen molar-refractivity contribution >= 4 is 0 Å². The van der Waals surface area contributed by atoms with Gasteiger partial charge < -0.3 is 5.11 Å². The number of hydrogen-bond donors (Lipinski definition) is 1. The summed E-state index contributed by atoms with van der Waals surface area (Å²) in [6.45, 7) is 5.79. The number of rotatable bonds is 3. The molecule has 1 heteroatoms. The number of phenols is 1. The molecule has 0 saturated heterocycles. The largest absolute Gasteiger partial charge is 0.508 e. The summed E-state index contributed by atoms with van der Waals surface area (Å²) in [4.78, 5) is 0. The molecule has 12 heavy (non-hydrogen) atoms. The van der Waals surface area contributed by atoms with E-state index < -0.39 is 0 Å². The minimum atomic E-state index is 0.381. The Morgan fingerprint density at radius 3 is 2.75 bits per heavy atom. The fraction of sp³-hybridized carbons (Fsp3) is 0.273. The molecule has 0 aromatic heterocycles. The molecule has 0 bridgehead atoms. The first-order valence-electron chi connectivity index (χ1n) is 4.13. The van der Waals surface area contributed by atoms with Crippen LogP contribution in [0.15, 0.2) is 36.9 Å². The fourth-order valence-electron chi connectivity index (χ4n) is 1.11. The van der Waals surface area contributed by atoms with Crippen LogP contribution in [-0.2, 0) is 6.42 Å². The molecule has 0 heterocycles. The molecule has 0 amide bonds. The van der Waals surface area contributed by atoms with Gasteiger partial charge in [-0.2, -0.15) is 0 Å². The number of hydrogen-bond acceptors (Lipinski definition) is 1. The molecular weight excluding hydrogens is 148 g/mol. The second-order valence-corrected chi connectivity index (χ2v) is 3.05. The van der Waals surface area contributed by atoms with Crippen molar-refractivity contribution in [1.82, 2.24) is 0 Å². The zero-order valence-corrected chi connectivity index (χ0v) is 7.33. The molecule has 0 aliphatic heterocycles. The van der Waals surface area contributed by atoms with Crippen LogP contribution in [0.25, 0.3) is 0 Å². The molecule has 1 nitrogen and oxygen atoms in total. The maximum Gasteiger partial charge on any atom is 0.118 e. The Balaban J connectivity index is 2.75. The Morgan fingerprint density at radius 1 is 1.50 bits per heavy atom. The maximum absolute atomic E-state index is 9.42. The van der Waals surface area contributed by atoms with Gasteiger partial charge in [-0.1, -0.05) is 31.2 Å². The summed E-state index contributed by atoms with van der Waals surface area (Å²) < 4.78 is 0. The highest BCUT2D eigenvalue weighted by Gasteiger charge is 2.02. The van der Waals surface area contributed by atoms with Crippen molar-refractivity contribution in [2.24, 2.45) is 5.92 Å². The third-order valence-electron chi connectivity index (χ3n) is 1.94. The van der Waals surface area contributed by atoms with E-state index in [-0.39, 0.29) is 0 Å². The second kappa shape index (κ2) is 3.96. The van der Waals surface area contributed by atoms with Crippen molar-refractivity contribution in [2.45, 2.75) is 13.3 Å². The Kier molecular flexibility index (Phi) is 2.92. The standard InChI is InChI=1S/C11H14O/c1-3-9(2)8-10-6-4-5-7-11(10)12/h3-7,9,12H,1,8H2,2H3. The van der Waals surface area contributed by atoms with Crippen molar-refractivity contribution in [3.05, 3.63) is 42.5 Å². The predicted octanol–water partition coefficient (Wildman–Crippen LogP) is 2.76. The fourth-order valence-corrected chi connectivity index (χ4v) is 1.11. The molecule has 1 N–H and O–H groups in total. The van der Waals surface area contributed by atoms with Crippen molar-refractivity contribution in [2.75, 3.05) is 0 Å². The van der Waals surface area contributed by atoms with E-state index in [9.17, 15) is 5.11 Å². The van der Waals surface area contributed by atoms with Gasteiger partial charge in [-0.25, -0.2) is 0 Å². The number of para-hydroxylation sites is 1. The zero-order valence-electron chi connectivity index (χ0n) is 7.33. The average Bonchev–Trinajstić information content (AvgIpc) is 2.09. The van der Waals surface area contributed by atoms with Crippen LogP contribution in [-0.4, -0.2) is 5.11 Å². The van der Waals surface area contributed by atoms with E-state index in [4.69, 9.17) is 0 Å². The molecule has 1 aromatic rings. The number of benzene rings is 1. The molecular formula is C11H14O. The molecule has 64 valence electrons. The van der Waals surface area contributed by atoms with Crippen LogP contribution in [0.5, 0.6) is 5.75 Å². The Bertz CT molecular complexity index is 265. The minimum absolute atomic E-state index is 0.381. The van der Waals surface area contributed by atoms with E-state index in [2.05, 4.69) is 13.5 Å². The Hall–Kier alpha value is -1.24. The molecule has 0 aliphatic rings. The number of allylic oxidation sites excluding steroid dienone is 1. The van der Waals surface area contributed by atoms with Crippen LogP contribution in [0.1, 0.15) is 12.5 Å². The number of aromatic hydroxyl groups is 1. The lowest BCUT2D eigenvalue weighted by Crippen LogP contribution is -1.95. The van der Waals surface area contributed by atoms with Gasteiger partial charge in [-0.3, -0.25) is 0 Å². The van der Waals surface area contributed by atoms with Gasteiger partial charge in [0.05, 0.1) is 0 Å². The maximum atomic E-state index is 9.42. The first kappa shape index (κ1) is 8.85. The van der Waals surface area contributed by atoms with Crippen molar-refractivity contribution in [1.29, 1.82) is 0 Å². The topological polar surface area (TPSA) is 20.2 Å². The van der Waals surface area contributed by atoms with Gasteiger partial charge in [0.25, 0.3) is 0 Å². The number of phenolic OH excluding ortho intramolecular Hbond substituents is 1. The van der Waals surface area contributed by atoms with E-state index in [1.54, 1.807) is 6.07 Å². The van der Waals surface area contributed by atoms with Gasteiger partial charge in [0.15, 0.2) is 0 Å². The first-order chi connectivity index (χ1) is 5.74. The van der Waals surface area contributed by atoms with Crippen LogP contribution in [0.2, 0.25) is 0 Å². The molecule has 0 radical (unpaired) electrons. The van der Waals surface area contributed by atoms with Crippen LogP contribution >= 0.6 is 0 Å². The third-order valence-corrected chi connectivity index (χ3v) is 1.94. The lowest BCUT2D eigenvalue weighted by atomic mass is 10.0. The summed E-state index contributed by atoms with van der Waals surface area (Å²) in [5.41, 5.74) is 0.991. The summed E-state index contributed by atoms with van der Waals surface area (Å²) in [6.07, 6.45) is 2.75. The highest BCUT2D eigenvalue weighted by Crippen LogP contribution is 2.19. The summed E-state index contributed by atoms with van der Waals surface area (Å²) >= 11 is 0. The lowest BCUT2D eigenvalue weighted by molar-refractivity contribution is 0.465. The summed E-state index contributed by atoms with van der Waals surface area (Å²) in [7, 11) is 0. The van der Waals surface area contributed by atoms with E-state index >= 15 is 0 Å². The van der Waals surface area contributed by atoms with Gasteiger partial charge in [-0.05, 0) is 24.0 Å². The van der Waals surface area contributed by atoms with E-state index in [1.807, 2.05) is 24.3 Å². The highest BCUT2D eigenvalue weighted by molar-refractivity contribution is 5.32. The predicted molar refractivity (Wildman–Crippen MR) is 51.2 cm³/mol. The van der Waals surface area contributed by atoms with E-state index in [0.717, 1.165) is 12.0 Å². The van der Waals surface area contributed by atoms with Crippen LogP contribution in [0, 0.1) is 5.92 Å². The van der Waals surface area contributed by atoms with Crippen molar-refractivity contribution in [3.8, 4) is 5.75 Å². The summed E-state index contributed by atoms with van der Waals surface area (Å²) in [5, 5.41) is 9.42. The normalized spacial score (nSPS) is 12.4. The molecule has 0 saturated carbocycles. The SMILES string of the molecule is C=CC(C)Cc1ccccc1O. The van der Waals surface area contributed by atoms with E-state index in [0.29, 0.717) is 11.7 Å². The van der Waals surface area contributed by atoms with E-state index in [1.165, 1.54) is 0 Å². The average molecular weight is 162 g/mol. The molecule has 0 spiro atoms. The van der Waals surface area contributed by atoms with Gasteiger partial charge >= 0.3 is 0 Å². The molecule has 0 aliphatic carbocycles. The Labute approximate surface area is 73.4 Å². The summed E-state index contributed by atoms with van der Waals surface area (Å²) in [5.74, 6) is 0.796. The molecule has 1 unspecified atom stereocenters. The van der Waals surface area contributed by atoms with Gasteiger partial charge in [0.1, 0.15) is 5.75 Å². The molecule has 1 aromatic carbocycles. The third kappa shape index (κ3) is 2.12. The van der Waals surface area contributed by atoms with Crippen LogP contribution in [0.3, 0.4) is 0 Å². The van der Waals surface area contributed by atoms with Crippen LogP contribution in [0.4, 0.5) is 0 Å². The first-order valence-corrected chi connectivity index (χ1v) is 4.13. The van der Waals surface area contributed by atoms with Crippen molar-refractivity contribution < 1.29 is 5.11 Å². The van der Waals surface area contributed by atoms with Crippen LogP contribution < -0.4 is 0 Å². The summed E-state index contributed by atoms with van der Waals surface area (Å²) in [6, 6.07) is 7.42. The zero-order chi connectivity index (χ0) is 8.97. The minimum Gasteiger partial charge on any atom is -0.508 e. The second-order valence-electron chi connectivity index (χ2n) is 3.05.